The van der Waals surface area contributed by atoms with Gasteiger partial charge in [0.2, 0.25) is 5.43 Å². The average molecular weight is 505 g/mol. The first kappa shape index (κ1) is 23.5. The van der Waals surface area contributed by atoms with Gasteiger partial charge in [0.05, 0.1) is 28.0 Å². The van der Waals surface area contributed by atoms with Gasteiger partial charge in [-0.05, 0) is 51.8 Å². The minimum absolute atomic E-state index is 0.0308. The molecule has 0 unspecified atom stereocenters. The van der Waals surface area contributed by atoms with Gasteiger partial charge in [-0.2, -0.15) is 0 Å². The molecule has 0 radical (unpaired) electrons. The second-order valence-electron chi connectivity index (χ2n) is 10.4. The van der Waals surface area contributed by atoms with E-state index >= 15 is 4.39 Å². The van der Waals surface area contributed by atoms with Gasteiger partial charge in [-0.1, -0.05) is 12.1 Å². The fourth-order valence-electron chi connectivity index (χ4n) is 5.91. The maximum atomic E-state index is 15.6. The van der Waals surface area contributed by atoms with E-state index in [1.807, 2.05) is 30.0 Å². The number of rotatable bonds is 4. The van der Waals surface area contributed by atoms with Crippen LogP contribution in [0.4, 0.5) is 10.1 Å². The summed E-state index contributed by atoms with van der Waals surface area (Å²) < 4.78 is 25.7. The molecule has 9 heteroatoms. The number of hydrogen-bond acceptors (Lipinski definition) is 5. The first-order valence-electron chi connectivity index (χ1n) is 12.8. The standard InChI is InChI=1S/C28H29FN4O4/c1-15(2)33-22-7-5-4-6-21(22)30-27(33)17-8-10-31(11-9-17)24-20(29)12-18-23-26(24)37-14-16(3)32(23)13-19(25(18)34)28(35)36/h4-7,12-13,15-17H,8-11,14H2,1-3H3,(H,35,36)/t16-/m0/s1. The molecule has 1 saturated heterocycles. The second-order valence-corrected chi connectivity index (χ2v) is 10.4. The highest BCUT2D eigenvalue weighted by Crippen LogP contribution is 2.44. The van der Waals surface area contributed by atoms with Crippen LogP contribution in [0.2, 0.25) is 0 Å². The third-order valence-corrected chi connectivity index (χ3v) is 7.69. The van der Waals surface area contributed by atoms with Gasteiger partial charge in [0, 0.05) is 31.2 Å². The highest BCUT2D eigenvalue weighted by Gasteiger charge is 2.33. The Morgan fingerprint density at radius 2 is 1.95 bits per heavy atom. The zero-order valence-electron chi connectivity index (χ0n) is 21.1. The number of para-hydroxylation sites is 2. The van der Waals surface area contributed by atoms with Crippen LogP contribution in [-0.2, 0) is 0 Å². The van der Waals surface area contributed by atoms with E-state index in [4.69, 9.17) is 9.72 Å². The zero-order valence-corrected chi connectivity index (χ0v) is 21.1. The number of anilines is 1. The number of imidazole rings is 1. The van der Waals surface area contributed by atoms with Gasteiger partial charge in [0.1, 0.15) is 23.7 Å². The van der Waals surface area contributed by atoms with Crippen molar-refractivity contribution in [3.8, 4) is 5.75 Å². The molecule has 8 nitrogen and oxygen atoms in total. The van der Waals surface area contributed by atoms with Gasteiger partial charge in [0.25, 0.3) is 0 Å². The number of carboxylic acids is 1. The lowest BCUT2D eigenvalue weighted by Crippen LogP contribution is -2.36. The maximum absolute atomic E-state index is 15.6. The fourth-order valence-corrected chi connectivity index (χ4v) is 5.91. The van der Waals surface area contributed by atoms with Crippen LogP contribution in [0.3, 0.4) is 0 Å². The van der Waals surface area contributed by atoms with Gasteiger partial charge >= 0.3 is 5.97 Å². The normalized spacial score (nSPS) is 18.1. The van der Waals surface area contributed by atoms with Crippen molar-refractivity contribution >= 4 is 33.6 Å². The van der Waals surface area contributed by atoms with Crippen molar-refractivity contribution in [2.45, 2.75) is 51.6 Å². The Morgan fingerprint density at radius 1 is 1.22 bits per heavy atom. The van der Waals surface area contributed by atoms with E-state index < -0.39 is 17.2 Å². The summed E-state index contributed by atoms with van der Waals surface area (Å²) in [6.07, 6.45) is 2.95. The Labute approximate surface area is 212 Å². The van der Waals surface area contributed by atoms with Crippen LogP contribution >= 0.6 is 0 Å². The predicted molar refractivity (Wildman–Crippen MR) is 140 cm³/mol. The highest BCUT2D eigenvalue weighted by molar-refractivity contribution is 5.97. The van der Waals surface area contributed by atoms with Crippen LogP contribution in [0.5, 0.6) is 5.75 Å². The lowest BCUT2D eigenvalue weighted by Gasteiger charge is -2.36. The van der Waals surface area contributed by atoms with Crippen molar-refractivity contribution in [1.82, 2.24) is 14.1 Å². The van der Waals surface area contributed by atoms with Gasteiger partial charge < -0.3 is 23.9 Å². The minimum Gasteiger partial charge on any atom is -0.487 e. The lowest BCUT2D eigenvalue weighted by molar-refractivity contribution is 0.0694. The summed E-state index contributed by atoms with van der Waals surface area (Å²) in [6.45, 7) is 7.68. The van der Waals surface area contributed by atoms with Crippen molar-refractivity contribution < 1.29 is 19.0 Å². The Morgan fingerprint density at radius 3 is 2.65 bits per heavy atom. The summed E-state index contributed by atoms with van der Waals surface area (Å²) in [5.41, 5.74) is 1.84. The van der Waals surface area contributed by atoms with Crippen LogP contribution in [0.15, 0.2) is 41.3 Å². The van der Waals surface area contributed by atoms with E-state index in [1.54, 1.807) is 4.57 Å². The Hall–Kier alpha value is -3.88. The van der Waals surface area contributed by atoms with Gasteiger partial charge in [0.15, 0.2) is 11.6 Å². The summed E-state index contributed by atoms with van der Waals surface area (Å²) in [5.74, 6) is -0.277. The van der Waals surface area contributed by atoms with Gasteiger partial charge in [-0.25, -0.2) is 14.2 Å². The molecule has 2 aromatic heterocycles. The number of hydrogen-bond donors (Lipinski definition) is 1. The number of fused-ring (bicyclic) bond motifs is 1. The molecule has 192 valence electrons. The fraction of sp³-hybridized carbons (Fsp3) is 0.393. The number of carbonyl (C=O) groups is 1. The molecule has 37 heavy (non-hydrogen) atoms. The molecule has 4 heterocycles. The molecule has 0 bridgehead atoms. The smallest absolute Gasteiger partial charge is 0.341 e. The number of ether oxygens (including phenoxy) is 1. The summed E-state index contributed by atoms with van der Waals surface area (Å²) >= 11 is 0. The lowest BCUT2D eigenvalue weighted by atomic mass is 9.94. The Balaban J connectivity index is 1.38. The van der Waals surface area contributed by atoms with E-state index in [0.717, 1.165) is 29.7 Å². The number of piperidine rings is 1. The van der Waals surface area contributed by atoms with Crippen molar-refractivity contribution in [1.29, 1.82) is 0 Å². The number of pyridine rings is 1. The Bertz CT molecular complexity index is 1610. The SMILES string of the molecule is CC(C)n1c(C2CCN(c3c(F)cc4c(=O)c(C(=O)O)cn5c4c3OC[C@@H]5C)CC2)nc2ccccc21. The van der Waals surface area contributed by atoms with E-state index in [9.17, 15) is 14.7 Å². The van der Waals surface area contributed by atoms with Crippen LogP contribution < -0.4 is 15.1 Å². The van der Waals surface area contributed by atoms with E-state index in [-0.39, 0.29) is 35.6 Å². The molecule has 0 amide bonds. The van der Waals surface area contributed by atoms with Crippen LogP contribution in [0.25, 0.3) is 21.9 Å². The monoisotopic (exact) mass is 504 g/mol. The number of nitrogens with zero attached hydrogens (tertiary/aromatic N) is 4. The highest BCUT2D eigenvalue weighted by atomic mass is 19.1. The first-order valence-corrected chi connectivity index (χ1v) is 12.8. The number of benzene rings is 2. The molecular weight excluding hydrogens is 475 g/mol. The van der Waals surface area contributed by atoms with E-state index in [2.05, 4.69) is 24.5 Å². The number of halogens is 1. The summed E-state index contributed by atoms with van der Waals surface area (Å²) in [5, 5.41) is 9.54. The summed E-state index contributed by atoms with van der Waals surface area (Å²) in [7, 11) is 0. The number of aromatic nitrogens is 3. The molecule has 2 aliphatic rings. The molecule has 4 aromatic rings. The largest absolute Gasteiger partial charge is 0.487 e. The molecule has 1 atom stereocenters. The van der Waals surface area contributed by atoms with E-state index in [0.29, 0.717) is 30.0 Å². The van der Waals surface area contributed by atoms with Crippen LogP contribution in [0.1, 0.15) is 67.8 Å². The molecule has 0 spiro atoms. The Kier molecular flexibility index (Phi) is 5.47. The van der Waals surface area contributed by atoms with Crippen molar-refractivity contribution in [2.24, 2.45) is 0 Å². The van der Waals surface area contributed by atoms with E-state index in [1.165, 1.54) is 12.3 Å². The molecule has 0 saturated carbocycles. The van der Waals surface area contributed by atoms with Gasteiger partial charge in [-0.15, -0.1) is 0 Å². The maximum Gasteiger partial charge on any atom is 0.341 e. The molecule has 0 aliphatic carbocycles. The summed E-state index contributed by atoms with van der Waals surface area (Å²) in [4.78, 5) is 31.5. The van der Waals surface area contributed by atoms with Crippen molar-refractivity contribution in [3.05, 3.63) is 64.0 Å². The molecule has 2 aromatic carbocycles. The third kappa shape index (κ3) is 3.59. The quantitative estimate of drug-likeness (QED) is 0.416. The zero-order chi connectivity index (χ0) is 26.0. The van der Waals surface area contributed by atoms with Crippen molar-refractivity contribution in [2.75, 3.05) is 24.6 Å². The number of aromatic carboxylic acids is 1. The third-order valence-electron chi connectivity index (χ3n) is 7.69. The first-order chi connectivity index (χ1) is 17.8. The predicted octanol–water partition coefficient (Wildman–Crippen LogP) is 5.11. The second kappa shape index (κ2) is 8.61. The minimum atomic E-state index is -1.32. The van der Waals surface area contributed by atoms with Gasteiger partial charge in [-0.3, -0.25) is 4.79 Å². The summed E-state index contributed by atoms with van der Waals surface area (Å²) in [6, 6.07) is 9.42. The molecular formula is C28H29FN4O4. The molecule has 2 aliphatic heterocycles. The van der Waals surface area contributed by atoms with Crippen molar-refractivity contribution in [3.63, 3.8) is 0 Å². The molecule has 6 rings (SSSR count). The topological polar surface area (TPSA) is 89.6 Å². The molecule has 1 fully saturated rings. The molecule has 1 N–H and O–H groups in total. The van der Waals surface area contributed by atoms with Crippen LogP contribution in [0, 0.1) is 5.82 Å². The van der Waals surface area contributed by atoms with Crippen LogP contribution in [-0.4, -0.2) is 44.9 Å². The number of carboxylic acid groups (broad SMARTS) is 1. The average Bonchev–Trinajstić information content (AvgIpc) is 3.27.